The van der Waals surface area contributed by atoms with Crippen LogP contribution in [0.1, 0.15) is 31.8 Å². The molecule has 148 valence electrons. The molecule has 2 amide bonds. The number of carbonyl (C=O) groups is 2. The van der Waals surface area contributed by atoms with Gasteiger partial charge in [0.1, 0.15) is 5.69 Å². The van der Waals surface area contributed by atoms with Gasteiger partial charge in [0, 0.05) is 23.8 Å². The predicted octanol–water partition coefficient (Wildman–Crippen LogP) is 4.58. The maximum atomic E-state index is 12.9. The summed E-state index contributed by atoms with van der Waals surface area (Å²) in [5.41, 5.74) is 5.57. The molecular formula is C23H17ClN4O2. The first-order valence-corrected chi connectivity index (χ1v) is 9.81. The Morgan fingerprint density at radius 1 is 0.933 bits per heavy atom. The summed E-state index contributed by atoms with van der Waals surface area (Å²) < 4.78 is 1.73. The van der Waals surface area contributed by atoms with Crippen LogP contribution in [0, 0.1) is 13.8 Å². The third-order valence-corrected chi connectivity index (χ3v) is 5.57. The zero-order valence-electron chi connectivity index (χ0n) is 16.6. The van der Waals surface area contributed by atoms with Gasteiger partial charge in [0.2, 0.25) is 0 Å². The van der Waals surface area contributed by atoms with E-state index < -0.39 is 0 Å². The second-order valence-electron chi connectivity index (χ2n) is 7.53. The van der Waals surface area contributed by atoms with Crippen molar-refractivity contribution >= 4 is 34.4 Å². The molecule has 3 heterocycles. The molecule has 2 aromatic heterocycles. The lowest BCUT2D eigenvalue weighted by Crippen LogP contribution is -2.24. The van der Waals surface area contributed by atoms with Crippen molar-refractivity contribution in [2.75, 3.05) is 7.05 Å². The quantitative estimate of drug-likeness (QED) is 0.448. The Hall–Kier alpha value is -3.51. The zero-order chi connectivity index (χ0) is 21.2. The summed E-state index contributed by atoms with van der Waals surface area (Å²) in [6.07, 6.45) is 1.47. The van der Waals surface area contributed by atoms with Crippen LogP contribution < -0.4 is 0 Å². The highest BCUT2D eigenvalue weighted by atomic mass is 35.5. The van der Waals surface area contributed by atoms with E-state index in [9.17, 15) is 9.59 Å². The van der Waals surface area contributed by atoms with Crippen LogP contribution in [-0.4, -0.2) is 38.5 Å². The second-order valence-corrected chi connectivity index (χ2v) is 7.96. The minimum atomic E-state index is -0.356. The number of halogens is 1. The molecule has 2 aromatic carbocycles. The van der Waals surface area contributed by atoms with Crippen molar-refractivity contribution in [1.82, 2.24) is 19.7 Å². The molecule has 0 bridgehead atoms. The number of carbonyl (C=O) groups excluding carboxylic acids is 2. The fraction of sp³-hybridized carbons (Fsp3) is 0.130. The maximum absolute atomic E-state index is 12.9. The SMILES string of the molecule is Cc1cc(C)cc(-n2nc(-c3ccc(Cl)cc3)c3c4c(cnc32)C(=O)N(C)C4=O)c1. The van der Waals surface area contributed by atoms with Crippen molar-refractivity contribution in [2.45, 2.75) is 13.8 Å². The summed E-state index contributed by atoms with van der Waals surface area (Å²) in [5.74, 6) is -0.705. The Morgan fingerprint density at radius 3 is 2.27 bits per heavy atom. The molecule has 4 aromatic rings. The molecule has 0 saturated heterocycles. The Labute approximate surface area is 177 Å². The summed E-state index contributed by atoms with van der Waals surface area (Å²) in [6.45, 7) is 4.04. The number of benzene rings is 2. The fourth-order valence-corrected chi connectivity index (χ4v) is 4.10. The summed E-state index contributed by atoms with van der Waals surface area (Å²) >= 11 is 6.07. The number of aryl methyl sites for hydroxylation is 2. The number of pyridine rings is 1. The van der Waals surface area contributed by atoms with E-state index in [2.05, 4.69) is 11.1 Å². The number of imide groups is 1. The standard InChI is InChI=1S/C23H17ClN4O2/c1-12-8-13(2)10-16(9-12)28-21-19(20(26-28)14-4-6-15(24)7-5-14)18-17(11-25-21)22(29)27(3)23(18)30/h4-11H,1-3H3. The molecule has 0 N–H and O–H groups in total. The highest BCUT2D eigenvalue weighted by Crippen LogP contribution is 2.36. The van der Waals surface area contributed by atoms with Gasteiger partial charge >= 0.3 is 0 Å². The van der Waals surface area contributed by atoms with Gasteiger partial charge in [-0.15, -0.1) is 0 Å². The summed E-state index contributed by atoms with van der Waals surface area (Å²) in [5, 5.41) is 6.00. The Kier molecular flexibility index (Phi) is 4.01. The van der Waals surface area contributed by atoms with Crippen LogP contribution >= 0.6 is 11.6 Å². The van der Waals surface area contributed by atoms with Gasteiger partial charge < -0.3 is 0 Å². The smallest absolute Gasteiger partial charge is 0.262 e. The highest BCUT2D eigenvalue weighted by molar-refractivity contribution is 6.30. The fourth-order valence-electron chi connectivity index (χ4n) is 3.97. The maximum Gasteiger partial charge on any atom is 0.262 e. The Balaban J connectivity index is 1.89. The van der Waals surface area contributed by atoms with E-state index in [4.69, 9.17) is 16.7 Å². The molecule has 7 heteroatoms. The molecule has 5 rings (SSSR count). The van der Waals surface area contributed by atoms with Gasteiger partial charge in [-0.05, 0) is 49.2 Å². The average Bonchev–Trinajstić information content (AvgIpc) is 3.20. The number of fused-ring (bicyclic) bond motifs is 3. The van der Waals surface area contributed by atoms with E-state index >= 15 is 0 Å². The van der Waals surface area contributed by atoms with Crippen LogP contribution in [0.4, 0.5) is 0 Å². The van der Waals surface area contributed by atoms with Gasteiger partial charge in [0.15, 0.2) is 5.65 Å². The first-order chi connectivity index (χ1) is 14.3. The third kappa shape index (κ3) is 2.64. The minimum Gasteiger partial charge on any atom is -0.277 e. The lowest BCUT2D eigenvalue weighted by atomic mass is 10.0. The van der Waals surface area contributed by atoms with Crippen molar-refractivity contribution in [3.8, 4) is 16.9 Å². The van der Waals surface area contributed by atoms with Gasteiger partial charge in [-0.3, -0.25) is 14.5 Å². The van der Waals surface area contributed by atoms with Gasteiger partial charge in [-0.2, -0.15) is 5.10 Å². The van der Waals surface area contributed by atoms with E-state index in [0.717, 1.165) is 27.3 Å². The molecule has 0 spiro atoms. The number of aromatic nitrogens is 3. The van der Waals surface area contributed by atoms with Crippen LogP contribution in [0.25, 0.3) is 28.0 Å². The largest absolute Gasteiger partial charge is 0.277 e. The molecule has 0 unspecified atom stereocenters. The number of hydrogen-bond donors (Lipinski definition) is 0. The van der Waals surface area contributed by atoms with Crippen LogP contribution in [0.2, 0.25) is 5.02 Å². The Morgan fingerprint density at radius 2 is 1.60 bits per heavy atom. The van der Waals surface area contributed by atoms with Crippen molar-refractivity contribution in [3.05, 3.63) is 75.9 Å². The van der Waals surface area contributed by atoms with Crippen molar-refractivity contribution in [3.63, 3.8) is 0 Å². The summed E-state index contributed by atoms with van der Waals surface area (Å²) in [7, 11) is 1.48. The van der Waals surface area contributed by atoms with Gasteiger partial charge in [-0.1, -0.05) is 29.8 Å². The van der Waals surface area contributed by atoms with Crippen molar-refractivity contribution in [1.29, 1.82) is 0 Å². The van der Waals surface area contributed by atoms with E-state index in [1.807, 2.05) is 38.1 Å². The van der Waals surface area contributed by atoms with Crippen LogP contribution in [0.3, 0.4) is 0 Å². The first-order valence-electron chi connectivity index (χ1n) is 9.44. The molecule has 0 saturated carbocycles. The third-order valence-electron chi connectivity index (χ3n) is 5.32. The second kappa shape index (κ2) is 6.50. The summed E-state index contributed by atoms with van der Waals surface area (Å²) in [6, 6.07) is 13.3. The van der Waals surface area contributed by atoms with E-state index in [0.29, 0.717) is 32.9 Å². The number of amides is 2. The topological polar surface area (TPSA) is 68.1 Å². The molecule has 1 aliphatic rings. The van der Waals surface area contributed by atoms with Gasteiger partial charge in [-0.25, -0.2) is 9.67 Å². The van der Waals surface area contributed by atoms with Crippen LogP contribution in [0.5, 0.6) is 0 Å². The summed E-state index contributed by atoms with van der Waals surface area (Å²) in [4.78, 5) is 31.1. The normalized spacial score (nSPS) is 13.4. The van der Waals surface area contributed by atoms with Crippen LogP contribution in [-0.2, 0) is 0 Å². The molecular weight excluding hydrogens is 400 g/mol. The number of rotatable bonds is 2. The van der Waals surface area contributed by atoms with Crippen LogP contribution in [0.15, 0.2) is 48.7 Å². The lowest BCUT2D eigenvalue weighted by molar-refractivity contribution is 0.0693. The highest BCUT2D eigenvalue weighted by Gasteiger charge is 2.37. The molecule has 0 fully saturated rings. The molecule has 0 atom stereocenters. The first kappa shape index (κ1) is 18.5. The van der Waals surface area contributed by atoms with E-state index in [-0.39, 0.29) is 11.8 Å². The molecule has 0 aliphatic carbocycles. The number of nitrogens with zero attached hydrogens (tertiary/aromatic N) is 4. The molecule has 6 nitrogen and oxygen atoms in total. The average molecular weight is 417 g/mol. The zero-order valence-corrected chi connectivity index (χ0v) is 17.4. The monoisotopic (exact) mass is 416 g/mol. The molecule has 1 aliphatic heterocycles. The van der Waals surface area contributed by atoms with Gasteiger partial charge in [0.05, 0.1) is 22.2 Å². The predicted molar refractivity (Wildman–Crippen MR) is 115 cm³/mol. The van der Waals surface area contributed by atoms with E-state index in [1.165, 1.54) is 13.2 Å². The van der Waals surface area contributed by atoms with Crippen molar-refractivity contribution < 1.29 is 9.59 Å². The Bertz CT molecular complexity index is 1350. The lowest BCUT2D eigenvalue weighted by Gasteiger charge is -2.06. The molecule has 0 radical (unpaired) electrons. The van der Waals surface area contributed by atoms with E-state index in [1.54, 1.807) is 16.8 Å². The van der Waals surface area contributed by atoms with Crippen molar-refractivity contribution in [2.24, 2.45) is 0 Å². The molecule has 30 heavy (non-hydrogen) atoms. The van der Waals surface area contributed by atoms with Gasteiger partial charge in [0.25, 0.3) is 11.8 Å². The number of hydrogen-bond acceptors (Lipinski definition) is 4. The minimum absolute atomic E-state index is 0.296.